The standard InChI is InChI=1S/C8H12ClN3OS/c9-8-7(10-11-14-8)5-12-3-1-2-6(13)4-12/h6,13H,1-5H2/t6-/m0/s1. The molecule has 0 radical (unpaired) electrons. The van der Waals surface area contributed by atoms with E-state index >= 15 is 0 Å². The zero-order valence-electron chi connectivity index (χ0n) is 7.69. The van der Waals surface area contributed by atoms with E-state index in [-0.39, 0.29) is 6.10 Å². The van der Waals surface area contributed by atoms with Crippen LogP contribution in [0.3, 0.4) is 0 Å². The topological polar surface area (TPSA) is 49.2 Å². The summed E-state index contributed by atoms with van der Waals surface area (Å²) in [5.41, 5.74) is 0.825. The fourth-order valence-corrected chi connectivity index (χ4v) is 2.29. The van der Waals surface area contributed by atoms with Crippen LogP contribution in [0.2, 0.25) is 4.34 Å². The summed E-state index contributed by atoms with van der Waals surface area (Å²) in [5, 5.41) is 13.4. The molecule has 14 heavy (non-hydrogen) atoms. The van der Waals surface area contributed by atoms with Gasteiger partial charge in [0.1, 0.15) is 10.0 Å². The molecule has 0 amide bonds. The summed E-state index contributed by atoms with van der Waals surface area (Å²) in [7, 11) is 0. The first-order valence-corrected chi connectivity index (χ1v) is 5.78. The van der Waals surface area contributed by atoms with Gasteiger partial charge >= 0.3 is 0 Å². The van der Waals surface area contributed by atoms with Gasteiger partial charge in [-0.2, -0.15) is 0 Å². The molecule has 78 valence electrons. The molecule has 1 fully saturated rings. The summed E-state index contributed by atoms with van der Waals surface area (Å²) in [4.78, 5) is 2.16. The van der Waals surface area contributed by atoms with Gasteiger partial charge in [-0.25, -0.2) is 0 Å². The van der Waals surface area contributed by atoms with Gasteiger partial charge in [-0.05, 0) is 19.4 Å². The van der Waals surface area contributed by atoms with Crippen molar-refractivity contribution in [1.29, 1.82) is 0 Å². The van der Waals surface area contributed by atoms with Crippen molar-refractivity contribution in [3.8, 4) is 0 Å². The molecule has 1 aliphatic heterocycles. The van der Waals surface area contributed by atoms with Crippen molar-refractivity contribution in [1.82, 2.24) is 14.5 Å². The van der Waals surface area contributed by atoms with Crippen LogP contribution < -0.4 is 0 Å². The Morgan fingerprint density at radius 1 is 1.64 bits per heavy atom. The quantitative estimate of drug-likeness (QED) is 0.833. The van der Waals surface area contributed by atoms with Crippen molar-refractivity contribution in [2.45, 2.75) is 25.5 Å². The average Bonchev–Trinajstić information content (AvgIpc) is 2.52. The van der Waals surface area contributed by atoms with Gasteiger partial charge in [-0.15, -0.1) is 5.10 Å². The number of rotatable bonds is 2. The monoisotopic (exact) mass is 233 g/mol. The van der Waals surface area contributed by atoms with E-state index in [0.29, 0.717) is 17.4 Å². The zero-order chi connectivity index (χ0) is 9.97. The Balaban J connectivity index is 1.94. The van der Waals surface area contributed by atoms with E-state index in [9.17, 15) is 5.11 Å². The van der Waals surface area contributed by atoms with E-state index < -0.39 is 0 Å². The summed E-state index contributed by atoms with van der Waals surface area (Å²) in [6.07, 6.45) is 1.74. The van der Waals surface area contributed by atoms with Crippen LogP contribution in [0.25, 0.3) is 0 Å². The maximum atomic E-state index is 9.47. The van der Waals surface area contributed by atoms with E-state index in [0.717, 1.165) is 25.1 Å². The molecular formula is C8H12ClN3OS. The smallest absolute Gasteiger partial charge is 0.138 e. The van der Waals surface area contributed by atoms with Crippen LogP contribution in [0.1, 0.15) is 18.5 Å². The molecular weight excluding hydrogens is 222 g/mol. The predicted octanol–water partition coefficient (Wildman–Crippen LogP) is 1.15. The molecule has 1 atom stereocenters. The highest BCUT2D eigenvalue weighted by Gasteiger charge is 2.19. The molecule has 1 aromatic heterocycles. The fourth-order valence-electron chi connectivity index (χ4n) is 1.68. The van der Waals surface area contributed by atoms with Gasteiger partial charge in [0.25, 0.3) is 0 Å². The van der Waals surface area contributed by atoms with Crippen LogP contribution in [-0.2, 0) is 6.54 Å². The minimum atomic E-state index is -0.200. The number of β-amino-alcohol motifs (C(OH)–C–C–N with tert-alkyl or cyclic N) is 1. The van der Waals surface area contributed by atoms with Crippen LogP contribution in [-0.4, -0.2) is 38.8 Å². The van der Waals surface area contributed by atoms with Crippen LogP contribution in [0, 0.1) is 0 Å². The molecule has 6 heteroatoms. The normalized spacial score (nSPS) is 24.0. The Kier molecular flexibility index (Phi) is 3.33. The molecule has 4 nitrogen and oxygen atoms in total. The van der Waals surface area contributed by atoms with Crippen molar-refractivity contribution >= 4 is 23.1 Å². The highest BCUT2D eigenvalue weighted by molar-refractivity contribution is 7.10. The minimum absolute atomic E-state index is 0.200. The molecule has 0 spiro atoms. The van der Waals surface area contributed by atoms with Crippen molar-refractivity contribution in [2.24, 2.45) is 0 Å². The highest BCUT2D eigenvalue weighted by atomic mass is 35.5. The number of piperidine rings is 1. The number of aromatic nitrogens is 2. The van der Waals surface area contributed by atoms with Crippen molar-refractivity contribution in [3.05, 3.63) is 10.0 Å². The first-order valence-electron chi connectivity index (χ1n) is 4.63. The lowest BCUT2D eigenvalue weighted by Gasteiger charge is -2.29. The Hall–Kier alpha value is -0.230. The van der Waals surface area contributed by atoms with Gasteiger partial charge in [-0.1, -0.05) is 16.1 Å². The Morgan fingerprint density at radius 2 is 2.50 bits per heavy atom. The first-order chi connectivity index (χ1) is 6.75. The van der Waals surface area contributed by atoms with Crippen LogP contribution in [0.4, 0.5) is 0 Å². The molecule has 2 rings (SSSR count). The van der Waals surface area contributed by atoms with Gasteiger partial charge in [0.15, 0.2) is 0 Å². The van der Waals surface area contributed by atoms with Crippen LogP contribution >= 0.6 is 23.1 Å². The predicted molar refractivity (Wildman–Crippen MR) is 55.4 cm³/mol. The second-order valence-electron chi connectivity index (χ2n) is 3.52. The number of hydrogen-bond donors (Lipinski definition) is 1. The summed E-state index contributed by atoms with van der Waals surface area (Å²) >= 11 is 7.11. The average molecular weight is 234 g/mol. The Bertz CT molecular complexity index is 307. The van der Waals surface area contributed by atoms with Gasteiger partial charge < -0.3 is 5.11 Å². The first kappa shape index (κ1) is 10.3. The van der Waals surface area contributed by atoms with Crippen molar-refractivity contribution in [3.63, 3.8) is 0 Å². The number of aliphatic hydroxyl groups excluding tert-OH is 1. The lowest BCUT2D eigenvalue weighted by atomic mass is 10.1. The largest absolute Gasteiger partial charge is 0.392 e. The van der Waals surface area contributed by atoms with Crippen LogP contribution in [0.5, 0.6) is 0 Å². The molecule has 1 N–H and O–H groups in total. The van der Waals surface area contributed by atoms with Gasteiger partial charge in [-0.3, -0.25) is 4.90 Å². The third-order valence-corrected chi connectivity index (χ3v) is 3.35. The van der Waals surface area contributed by atoms with E-state index in [1.54, 1.807) is 0 Å². The van der Waals surface area contributed by atoms with Crippen LogP contribution in [0.15, 0.2) is 0 Å². The minimum Gasteiger partial charge on any atom is -0.392 e. The molecule has 1 aromatic rings. The summed E-state index contributed by atoms with van der Waals surface area (Å²) in [6, 6.07) is 0. The van der Waals surface area contributed by atoms with Crippen molar-refractivity contribution < 1.29 is 5.11 Å². The van der Waals surface area contributed by atoms with E-state index in [4.69, 9.17) is 11.6 Å². The number of hydrogen-bond acceptors (Lipinski definition) is 5. The van der Waals surface area contributed by atoms with Gasteiger partial charge in [0.2, 0.25) is 0 Å². The Morgan fingerprint density at radius 3 is 3.14 bits per heavy atom. The molecule has 0 aromatic carbocycles. The number of likely N-dealkylation sites (tertiary alicyclic amines) is 1. The second kappa shape index (κ2) is 4.53. The van der Waals surface area contributed by atoms with Gasteiger partial charge in [0, 0.05) is 24.6 Å². The lowest BCUT2D eigenvalue weighted by Crippen LogP contribution is -2.37. The van der Waals surface area contributed by atoms with Gasteiger partial charge in [0.05, 0.1) is 6.10 Å². The number of nitrogens with zero attached hydrogens (tertiary/aromatic N) is 3. The maximum absolute atomic E-state index is 9.47. The number of halogens is 1. The summed E-state index contributed by atoms with van der Waals surface area (Å²) in [6.45, 7) is 2.42. The maximum Gasteiger partial charge on any atom is 0.138 e. The van der Waals surface area contributed by atoms with Crippen molar-refractivity contribution in [2.75, 3.05) is 13.1 Å². The third kappa shape index (κ3) is 2.42. The third-order valence-electron chi connectivity index (χ3n) is 2.36. The molecule has 0 aliphatic carbocycles. The van der Waals surface area contributed by atoms with E-state index in [2.05, 4.69) is 14.5 Å². The summed E-state index contributed by atoms with van der Waals surface area (Å²) < 4.78 is 4.43. The highest BCUT2D eigenvalue weighted by Crippen LogP contribution is 2.20. The summed E-state index contributed by atoms with van der Waals surface area (Å²) in [5.74, 6) is 0. The SMILES string of the molecule is O[C@H]1CCCN(Cc2nnsc2Cl)C1. The van der Waals surface area contributed by atoms with E-state index in [1.807, 2.05) is 0 Å². The van der Waals surface area contributed by atoms with E-state index in [1.165, 1.54) is 11.5 Å². The molecule has 1 aliphatic rings. The molecule has 0 bridgehead atoms. The molecule has 1 saturated heterocycles. The second-order valence-corrected chi connectivity index (χ2v) is 4.88. The molecule has 0 unspecified atom stereocenters. The Labute approximate surface area is 91.7 Å². The fraction of sp³-hybridized carbons (Fsp3) is 0.750. The zero-order valence-corrected chi connectivity index (χ0v) is 9.26. The molecule has 0 saturated carbocycles. The number of aliphatic hydroxyl groups is 1. The lowest BCUT2D eigenvalue weighted by molar-refractivity contribution is 0.0662. The molecule has 2 heterocycles.